The molecule has 148 valence electrons. The van der Waals surface area contributed by atoms with Gasteiger partial charge in [-0.2, -0.15) is 0 Å². The van der Waals surface area contributed by atoms with Crippen molar-refractivity contribution >= 4 is 5.91 Å². The maximum Gasteiger partial charge on any atom is 0.231 e. The van der Waals surface area contributed by atoms with E-state index in [9.17, 15) is 4.79 Å². The number of nitrogens with zero attached hydrogens (tertiary/aromatic N) is 2. The molecule has 0 aromatic carbocycles. The molecular formula is C22H32N2O3. The molecule has 0 saturated carbocycles. The fourth-order valence-electron chi connectivity index (χ4n) is 3.11. The van der Waals surface area contributed by atoms with E-state index >= 15 is 0 Å². The zero-order valence-electron chi connectivity index (χ0n) is 17.1. The molecule has 0 aliphatic carbocycles. The van der Waals surface area contributed by atoms with Gasteiger partial charge in [-0.15, -0.1) is 0 Å². The maximum absolute atomic E-state index is 12.2. The lowest BCUT2D eigenvalue weighted by molar-refractivity contribution is -0.147. The van der Waals surface area contributed by atoms with Gasteiger partial charge >= 0.3 is 0 Å². The quantitative estimate of drug-likeness (QED) is 0.598. The molecular weight excluding hydrogens is 340 g/mol. The Morgan fingerprint density at radius 2 is 1.85 bits per heavy atom. The summed E-state index contributed by atoms with van der Waals surface area (Å²) in [6.45, 7) is 10.1. The Bertz CT molecular complexity index is 699. The smallest absolute Gasteiger partial charge is 0.231 e. The van der Waals surface area contributed by atoms with Crippen LogP contribution in [0.3, 0.4) is 0 Å². The molecule has 1 fully saturated rings. The number of hydrogen-bond acceptors (Lipinski definition) is 4. The van der Waals surface area contributed by atoms with Gasteiger partial charge < -0.3 is 9.47 Å². The lowest BCUT2D eigenvalue weighted by atomic mass is 10.0. The SMILES string of the molecule is C/C=C(C)/C=C/C=C(\C)CC[C@@H]1OC(C)(C)O[C@H]1CCC(=O)n1ccnc1. The van der Waals surface area contributed by atoms with Crippen LogP contribution in [-0.2, 0) is 9.47 Å². The second kappa shape index (κ2) is 9.81. The first-order valence-corrected chi connectivity index (χ1v) is 9.64. The Morgan fingerprint density at radius 3 is 2.44 bits per heavy atom. The monoisotopic (exact) mass is 372 g/mol. The molecule has 0 spiro atoms. The standard InChI is InChI=1S/C22H32N2O3/c1-6-17(2)8-7-9-18(3)10-11-19-20(27-22(4,5)26-19)12-13-21(25)24-15-14-23-16-24/h6-9,14-16,19-20H,10-13H2,1-5H3/b8-7+,17-6+,18-9+/t19-,20-/m0/s1. The summed E-state index contributed by atoms with van der Waals surface area (Å²) in [5.74, 6) is -0.575. The van der Waals surface area contributed by atoms with Crippen molar-refractivity contribution in [3.05, 3.63) is 54.2 Å². The molecule has 1 aliphatic rings. The van der Waals surface area contributed by atoms with Crippen LogP contribution in [0, 0.1) is 0 Å². The summed E-state index contributed by atoms with van der Waals surface area (Å²) in [6.07, 6.45) is 16.1. The third-order valence-corrected chi connectivity index (χ3v) is 4.74. The molecule has 0 unspecified atom stereocenters. The van der Waals surface area contributed by atoms with Crippen molar-refractivity contribution in [3.63, 3.8) is 0 Å². The second-order valence-corrected chi connectivity index (χ2v) is 7.56. The Morgan fingerprint density at radius 1 is 1.19 bits per heavy atom. The van der Waals surface area contributed by atoms with Gasteiger partial charge in [0.15, 0.2) is 5.79 Å². The molecule has 5 heteroatoms. The van der Waals surface area contributed by atoms with E-state index in [4.69, 9.17) is 9.47 Å². The predicted octanol–water partition coefficient (Wildman–Crippen LogP) is 5.07. The predicted molar refractivity (Wildman–Crippen MR) is 107 cm³/mol. The van der Waals surface area contributed by atoms with Crippen LogP contribution in [0.2, 0.25) is 0 Å². The second-order valence-electron chi connectivity index (χ2n) is 7.56. The average molecular weight is 373 g/mol. The van der Waals surface area contributed by atoms with E-state index in [1.54, 1.807) is 12.4 Å². The Kier molecular flexibility index (Phi) is 7.75. The molecule has 0 N–H and O–H groups in total. The van der Waals surface area contributed by atoms with Crippen molar-refractivity contribution in [2.24, 2.45) is 0 Å². The van der Waals surface area contributed by atoms with Crippen LogP contribution in [0.4, 0.5) is 0 Å². The molecule has 0 amide bonds. The number of rotatable bonds is 8. The minimum absolute atomic E-state index is 0.000176. The molecule has 1 aromatic heterocycles. The summed E-state index contributed by atoms with van der Waals surface area (Å²) in [6, 6.07) is 0. The highest BCUT2D eigenvalue weighted by molar-refractivity contribution is 5.78. The first kappa shape index (κ1) is 21.3. The third-order valence-electron chi connectivity index (χ3n) is 4.74. The number of aromatic nitrogens is 2. The normalized spacial score (nSPS) is 23.3. The molecule has 1 aromatic rings. The van der Waals surface area contributed by atoms with Gasteiger partial charge in [0.1, 0.15) is 6.33 Å². The van der Waals surface area contributed by atoms with Crippen LogP contribution in [0.15, 0.2) is 54.2 Å². The highest BCUT2D eigenvalue weighted by Crippen LogP contribution is 2.33. The minimum Gasteiger partial charge on any atom is -0.345 e. The van der Waals surface area contributed by atoms with Gasteiger partial charge in [-0.1, -0.05) is 35.5 Å². The van der Waals surface area contributed by atoms with Gasteiger partial charge in [0.25, 0.3) is 0 Å². The van der Waals surface area contributed by atoms with E-state index in [0.717, 1.165) is 12.8 Å². The zero-order chi connectivity index (χ0) is 19.9. The zero-order valence-corrected chi connectivity index (χ0v) is 17.1. The number of carbonyl (C=O) groups excluding carboxylic acids is 1. The van der Waals surface area contributed by atoms with Crippen molar-refractivity contribution < 1.29 is 14.3 Å². The van der Waals surface area contributed by atoms with Crippen molar-refractivity contribution in [1.29, 1.82) is 0 Å². The largest absolute Gasteiger partial charge is 0.345 e. The topological polar surface area (TPSA) is 53.4 Å². The molecule has 2 rings (SSSR count). The summed E-state index contributed by atoms with van der Waals surface area (Å²) in [4.78, 5) is 16.1. The first-order chi connectivity index (χ1) is 12.8. The van der Waals surface area contributed by atoms with Crippen molar-refractivity contribution in [2.75, 3.05) is 0 Å². The summed E-state index contributed by atoms with van der Waals surface area (Å²) in [5, 5.41) is 0. The van der Waals surface area contributed by atoms with Gasteiger partial charge in [0.2, 0.25) is 5.91 Å². The number of ether oxygens (including phenoxy) is 2. The van der Waals surface area contributed by atoms with Crippen molar-refractivity contribution in [3.8, 4) is 0 Å². The van der Waals surface area contributed by atoms with E-state index in [1.165, 1.54) is 22.0 Å². The lowest BCUT2D eigenvalue weighted by Gasteiger charge is -2.16. The van der Waals surface area contributed by atoms with E-state index in [1.807, 2.05) is 20.8 Å². The summed E-state index contributed by atoms with van der Waals surface area (Å²) >= 11 is 0. The Labute approximate surface area is 162 Å². The van der Waals surface area contributed by atoms with E-state index in [2.05, 4.69) is 43.1 Å². The lowest BCUT2D eigenvalue weighted by Crippen LogP contribution is -2.24. The van der Waals surface area contributed by atoms with E-state index in [-0.39, 0.29) is 18.1 Å². The molecule has 1 aliphatic heterocycles. The van der Waals surface area contributed by atoms with Gasteiger partial charge in [-0.3, -0.25) is 9.36 Å². The van der Waals surface area contributed by atoms with Crippen LogP contribution in [0.5, 0.6) is 0 Å². The average Bonchev–Trinajstić information content (AvgIpc) is 3.25. The van der Waals surface area contributed by atoms with Crippen LogP contribution in [0.25, 0.3) is 0 Å². The van der Waals surface area contributed by atoms with E-state index in [0.29, 0.717) is 12.8 Å². The molecule has 2 heterocycles. The Hall–Kier alpha value is -1.98. The number of carbonyl (C=O) groups is 1. The molecule has 2 atom stereocenters. The number of imidazole rings is 1. The fourth-order valence-corrected chi connectivity index (χ4v) is 3.11. The van der Waals surface area contributed by atoms with Gasteiger partial charge in [0, 0.05) is 18.8 Å². The van der Waals surface area contributed by atoms with E-state index < -0.39 is 5.79 Å². The summed E-state index contributed by atoms with van der Waals surface area (Å²) in [7, 11) is 0. The Balaban J connectivity index is 1.88. The van der Waals surface area contributed by atoms with Crippen molar-refractivity contribution in [1.82, 2.24) is 9.55 Å². The molecule has 1 saturated heterocycles. The van der Waals surface area contributed by atoms with Crippen LogP contribution in [-0.4, -0.2) is 33.5 Å². The van der Waals surface area contributed by atoms with Crippen LogP contribution >= 0.6 is 0 Å². The third kappa shape index (κ3) is 6.92. The number of allylic oxidation sites excluding steroid dienone is 6. The van der Waals surface area contributed by atoms with Crippen molar-refractivity contribution in [2.45, 2.75) is 78.3 Å². The van der Waals surface area contributed by atoms with Crippen LogP contribution < -0.4 is 0 Å². The molecule has 27 heavy (non-hydrogen) atoms. The molecule has 5 nitrogen and oxygen atoms in total. The minimum atomic E-state index is -0.603. The van der Waals surface area contributed by atoms with Gasteiger partial charge in [-0.05, 0) is 53.9 Å². The summed E-state index contributed by atoms with van der Waals surface area (Å²) in [5.41, 5.74) is 2.55. The fraction of sp³-hybridized carbons (Fsp3) is 0.545. The highest BCUT2D eigenvalue weighted by atomic mass is 16.7. The summed E-state index contributed by atoms with van der Waals surface area (Å²) < 4.78 is 13.7. The molecule has 0 radical (unpaired) electrons. The maximum atomic E-state index is 12.2. The highest BCUT2D eigenvalue weighted by Gasteiger charge is 2.40. The first-order valence-electron chi connectivity index (χ1n) is 9.64. The number of hydrogen-bond donors (Lipinski definition) is 0. The van der Waals surface area contributed by atoms with Gasteiger partial charge in [-0.25, -0.2) is 4.98 Å². The van der Waals surface area contributed by atoms with Gasteiger partial charge in [0.05, 0.1) is 12.2 Å². The molecule has 0 bridgehead atoms. The van der Waals surface area contributed by atoms with Crippen LogP contribution in [0.1, 0.15) is 65.1 Å².